The van der Waals surface area contributed by atoms with E-state index in [2.05, 4.69) is 15.5 Å². The molecule has 26 heavy (non-hydrogen) atoms. The molecule has 0 aliphatic heterocycles. The summed E-state index contributed by atoms with van der Waals surface area (Å²) in [5.41, 5.74) is -0.737. The van der Waals surface area contributed by atoms with E-state index in [9.17, 15) is 18.0 Å². The van der Waals surface area contributed by atoms with Crippen LogP contribution < -0.4 is 5.32 Å². The lowest BCUT2D eigenvalue weighted by atomic mass is 10.2. The van der Waals surface area contributed by atoms with Gasteiger partial charge in [0.15, 0.2) is 16.7 Å². The number of hydrogen-bond donors (Lipinski definition) is 1. The first-order chi connectivity index (χ1) is 12.3. The van der Waals surface area contributed by atoms with Crippen LogP contribution in [0.15, 0.2) is 52.2 Å². The summed E-state index contributed by atoms with van der Waals surface area (Å²) >= 11 is 1.12. The topological polar surface area (TPSA) is 73.0 Å². The van der Waals surface area contributed by atoms with Gasteiger partial charge in [0.05, 0.1) is 17.6 Å². The van der Waals surface area contributed by atoms with Crippen LogP contribution in [0.2, 0.25) is 0 Å². The van der Waals surface area contributed by atoms with Crippen LogP contribution in [0.4, 0.5) is 18.9 Å². The zero-order valence-corrected chi connectivity index (χ0v) is 14.3. The number of anilines is 1. The summed E-state index contributed by atoms with van der Waals surface area (Å²) < 4.78 is 45.0. The summed E-state index contributed by atoms with van der Waals surface area (Å²) in [6.07, 6.45) is -2.95. The summed E-state index contributed by atoms with van der Waals surface area (Å²) in [6.45, 7) is 0. The van der Waals surface area contributed by atoms with Crippen molar-refractivity contribution < 1.29 is 22.4 Å². The Labute approximate surface area is 150 Å². The normalized spacial score (nSPS) is 11.5. The molecule has 136 valence electrons. The van der Waals surface area contributed by atoms with E-state index < -0.39 is 17.6 Å². The number of amides is 1. The number of carbonyl (C=O) groups is 1. The second-order valence-corrected chi connectivity index (χ2v) is 6.20. The minimum absolute atomic E-state index is 0.0274. The number of nitrogens with zero attached hydrogens (tertiary/aromatic N) is 3. The first-order valence-electron chi connectivity index (χ1n) is 7.38. The van der Waals surface area contributed by atoms with Gasteiger partial charge in [-0.1, -0.05) is 17.8 Å². The minimum atomic E-state index is -4.46. The monoisotopic (exact) mass is 382 g/mol. The first-order valence-corrected chi connectivity index (χ1v) is 8.36. The second-order valence-electron chi connectivity index (χ2n) is 5.26. The predicted molar refractivity (Wildman–Crippen MR) is 89.5 cm³/mol. The van der Waals surface area contributed by atoms with Gasteiger partial charge in [0, 0.05) is 12.7 Å². The number of aromatic nitrogens is 3. The minimum Gasteiger partial charge on any atom is -0.461 e. The van der Waals surface area contributed by atoms with Crippen LogP contribution in [-0.4, -0.2) is 26.4 Å². The van der Waals surface area contributed by atoms with Gasteiger partial charge in [0.2, 0.25) is 5.91 Å². The molecular formula is C16H13F3N4O2S. The molecule has 1 aromatic carbocycles. The maximum atomic E-state index is 12.7. The summed E-state index contributed by atoms with van der Waals surface area (Å²) in [5, 5.41) is 10.9. The van der Waals surface area contributed by atoms with E-state index in [0.29, 0.717) is 16.7 Å². The third kappa shape index (κ3) is 4.07. The Morgan fingerprint density at radius 2 is 2.08 bits per heavy atom. The average molecular weight is 382 g/mol. The van der Waals surface area contributed by atoms with Gasteiger partial charge in [-0.15, -0.1) is 10.2 Å². The number of rotatable bonds is 5. The van der Waals surface area contributed by atoms with Crippen molar-refractivity contribution in [1.82, 2.24) is 14.8 Å². The van der Waals surface area contributed by atoms with Crippen LogP contribution in [0, 0.1) is 0 Å². The van der Waals surface area contributed by atoms with Crippen molar-refractivity contribution in [3.05, 3.63) is 48.2 Å². The van der Waals surface area contributed by atoms with Crippen molar-refractivity contribution in [2.45, 2.75) is 11.3 Å². The largest absolute Gasteiger partial charge is 0.461 e. The highest BCUT2D eigenvalue weighted by molar-refractivity contribution is 7.99. The Morgan fingerprint density at radius 1 is 1.27 bits per heavy atom. The Hall–Kier alpha value is -2.75. The molecule has 0 fully saturated rings. The van der Waals surface area contributed by atoms with E-state index in [1.807, 2.05) is 0 Å². The molecule has 2 aromatic heterocycles. The van der Waals surface area contributed by atoms with Crippen molar-refractivity contribution in [2.75, 3.05) is 11.1 Å². The number of benzene rings is 1. The number of nitrogens with one attached hydrogen (secondary N) is 1. The highest BCUT2D eigenvalue weighted by Gasteiger charge is 2.30. The van der Waals surface area contributed by atoms with Crippen LogP contribution in [0.25, 0.3) is 11.6 Å². The highest BCUT2D eigenvalue weighted by Crippen LogP contribution is 2.30. The van der Waals surface area contributed by atoms with Crippen molar-refractivity contribution in [3.8, 4) is 11.6 Å². The summed E-state index contributed by atoms with van der Waals surface area (Å²) in [5.74, 6) is 0.577. The molecular weight excluding hydrogens is 369 g/mol. The number of alkyl halides is 3. The predicted octanol–water partition coefficient (Wildman–Crippen LogP) is 3.82. The van der Waals surface area contributed by atoms with Crippen LogP contribution >= 0.6 is 11.8 Å². The van der Waals surface area contributed by atoms with Gasteiger partial charge in [-0.05, 0) is 30.3 Å². The molecule has 0 bridgehead atoms. The molecule has 0 aliphatic carbocycles. The van der Waals surface area contributed by atoms with E-state index in [1.165, 1.54) is 18.4 Å². The number of hydrogen-bond acceptors (Lipinski definition) is 5. The summed E-state index contributed by atoms with van der Waals surface area (Å²) in [6, 6.07) is 7.93. The Kier molecular flexibility index (Phi) is 5.03. The highest BCUT2D eigenvalue weighted by atomic mass is 32.2. The molecule has 0 aliphatic rings. The molecule has 10 heteroatoms. The number of halogens is 3. The van der Waals surface area contributed by atoms with Gasteiger partial charge < -0.3 is 14.3 Å². The quantitative estimate of drug-likeness (QED) is 0.679. The molecule has 0 spiro atoms. The zero-order chi connectivity index (χ0) is 18.7. The smallest absolute Gasteiger partial charge is 0.416 e. The van der Waals surface area contributed by atoms with E-state index in [-0.39, 0.29) is 11.4 Å². The van der Waals surface area contributed by atoms with Crippen LogP contribution in [0.5, 0.6) is 0 Å². The standard InChI is InChI=1S/C16H13F3N4O2S/c1-23-14(12-6-3-7-25-12)21-22-15(23)26-9-13(24)20-11-5-2-4-10(8-11)16(17,18)19/h2-8H,9H2,1H3,(H,20,24). The van der Waals surface area contributed by atoms with Crippen LogP contribution in [0.3, 0.4) is 0 Å². The molecule has 0 atom stereocenters. The number of furan rings is 1. The molecule has 3 aromatic rings. The number of carbonyl (C=O) groups excluding carboxylic acids is 1. The van der Waals surface area contributed by atoms with Gasteiger partial charge in [0.1, 0.15) is 0 Å². The third-order valence-electron chi connectivity index (χ3n) is 3.38. The Morgan fingerprint density at radius 3 is 2.77 bits per heavy atom. The lowest BCUT2D eigenvalue weighted by Crippen LogP contribution is -2.15. The van der Waals surface area contributed by atoms with Crippen molar-refractivity contribution in [2.24, 2.45) is 7.05 Å². The van der Waals surface area contributed by atoms with Gasteiger partial charge in [0.25, 0.3) is 0 Å². The summed E-state index contributed by atoms with van der Waals surface area (Å²) in [7, 11) is 1.73. The molecule has 0 radical (unpaired) electrons. The average Bonchev–Trinajstić information content (AvgIpc) is 3.22. The third-order valence-corrected chi connectivity index (χ3v) is 4.40. The Bertz CT molecular complexity index is 907. The maximum absolute atomic E-state index is 12.7. The van der Waals surface area contributed by atoms with Gasteiger partial charge >= 0.3 is 6.18 Å². The maximum Gasteiger partial charge on any atom is 0.416 e. The molecule has 3 rings (SSSR count). The zero-order valence-electron chi connectivity index (χ0n) is 13.4. The van der Waals surface area contributed by atoms with Gasteiger partial charge in [-0.25, -0.2) is 0 Å². The molecule has 0 unspecified atom stereocenters. The van der Waals surface area contributed by atoms with E-state index in [1.54, 1.807) is 23.7 Å². The van der Waals surface area contributed by atoms with Gasteiger partial charge in [-0.3, -0.25) is 4.79 Å². The first kappa shape index (κ1) is 18.1. The fraction of sp³-hybridized carbons (Fsp3) is 0.188. The van der Waals surface area contributed by atoms with Crippen molar-refractivity contribution >= 4 is 23.4 Å². The fourth-order valence-corrected chi connectivity index (χ4v) is 2.87. The molecule has 0 saturated carbocycles. The molecule has 0 saturated heterocycles. The fourth-order valence-electron chi connectivity index (χ4n) is 2.16. The SMILES string of the molecule is Cn1c(SCC(=O)Nc2cccc(C(F)(F)F)c2)nnc1-c1ccco1. The van der Waals surface area contributed by atoms with Crippen LogP contribution in [-0.2, 0) is 18.0 Å². The van der Waals surface area contributed by atoms with Gasteiger partial charge in [-0.2, -0.15) is 13.2 Å². The van der Waals surface area contributed by atoms with Crippen molar-refractivity contribution in [3.63, 3.8) is 0 Å². The molecule has 2 heterocycles. The lowest BCUT2D eigenvalue weighted by Gasteiger charge is -2.09. The van der Waals surface area contributed by atoms with E-state index in [0.717, 1.165) is 23.9 Å². The number of thioether (sulfide) groups is 1. The van der Waals surface area contributed by atoms with Crippen LogP contribution in [0.1, 0.15) is 5.56 Å². The Balaban J connectivity index is 1.62. The second kappa shape index (κ2) is 7.24. The summed E-state index contributed by atoms with van der Waals surface area (Å²) in [4.78, 5) is 12.0. The molecule has 1 N–H and O–H groups in total. The lowest BCUT2D eigenvalue weighted by molar-refractivity contribution is -0.137. The van der Waals surface area contributed by atoms with E-state index in [4.69, 9.17) is 4.42 Å². The molecule has 6 nitrogen and oxygen atoms in total. The van der Waals surface area contributed by atoms with Crippen molar-refractivity contribution in [1.29, 1.82) is 0 Å². The molecule has 1 amide bonds. The van der Waals surface area contributed by atoms with E-state index >= 15 is 0 Å².